The fourth-order valence-corrected chi connectivity index (χ4v) is 2.26. The van der Waals surface area contributed by atoms with Crippen molar-refractivity contribution in [3.63, 3.8) is 0 Å². The highest BCUT2D eigenvalue weighted by atomic mass is 16.7. The highest BCUT2D eigenvalue weighted by Gasteiger charge is 2.52. The van der Waals surface area contributed by atoms with Gasteiger partial charge >= 0.3 is 5.97 Å². The molecule has 0 bridgehead atoms. The molecule has 2 rings (SSSR count). The molecule has 0 saturated carbocycles. The number of carbonyl (C=O) groups excluding carboxylic acids is 1. The molecule has 2 aliphatic heterocycles. The zero-order valence-electron chi connectivity index (χ0n) is 9.59. The summed E-state index contributed by atoms with van der Waals surface area (Å²) in [6.45, 7) is 2.51. The van der Waals surface area contributed by atoms with Gasteiger partial charge in [0, 0.05) is 6.42 Å². The molecule has 2 saturated heterocycles. The Hall–Kier alpha value is -1.18. The van der Waals surface area contributed by atoms with Gasteiger partial charge in [0.25, 0.3) is 0 Å². The summed E-state index contributed by atoms with van der Waals surface area (Å²) in [7, 11) is 0. The Morgan fingerprint density at radius 2 is 2.06 bits per heavy atom. The number of nitrogens with zero attached hydrogens (tertiary/aromatic N) is 1. The predicted molar refractivity (Wildman–Crippen MR) is 56.0 cm³/mol. The molecule has 0 unspecified atom stereocenters. The second-order valence-corrected chi connectivity index (χ2v) is 4.42. The number of nitrogens with two attached hydrogens (primary N) is 1. The standard InChI is InChI=1S/C10H16N2O5/c1-6(11)8(13)12-5-10(16-2-3-17-10)4-7(12)9(14)15/h6-7H,2-5,11H2,1H3,(H,14,15)/t6-,7-/m0/s1. The van der Waals surface area contributed by atoms with Gasteiger partial charge in [0.2, 0.25) is 5.91 Å². The number of amides is 1. The molecule has 3 N–H and O–H groups in total. The first-order chi connectivity index (χ1) is 7.95. The Kier molecular flexibility index (Phi) is 3.07. The maximum absolute atomic E-state index is 11.8. The van der Waals surface area contributed by atoms with Gasteiger partial charge < -0.3 is 25.2 Å². The summed E-state index contributed by atoms with van der Waals surface area (Å²) in [4.78, 5) is 24.2. The van der Waals surface area contributed by atoms with Crippen LogP contribution in [0, 0.1) is 0 Å². The van der Waals surface area contributed by atoms with E-state index in [1.54, 1.807) is 0 Å². The third kappa shape index (κ3) is 2.13. The molecule has 1 amide bonds. The van der Waals surface area contributed by atoms with Gasteiger partial charge in [0.15, 0.2) is 5.79 Å². The summed E-state index contributed by atoms with van der Waals surface area (Å²) in [5.74, 6) is -2.41. The molecule has 2 fully saturated rings. The molecule has 7 nitrogen and oxygen atoms in total. The van der Waals surface area contributed by atoms with E-state index in [9.17, 15) is 9.59 Å². The van der Waals surface area contributed by atoms with E-state index in [-0.39, 0.29) is 13.0 Å². The minimum absolute atomic E-state index is 0.129. The summed E-state index contributed by atoms with van der Waals surface area (Å²) >= 11 is 0. The molecule has 17 heavy (non-hydrogen) atoms. The van der Waals surface area contributed by atoms with E-state index in [1.165, 1.54) is 11.8 Å². The van der Waals surface area contributed by atoms with Crippen molar-refractivity contribution < 1.29 is 24.2 Å². The zero-order chi connectivity index (χ0) is 12.6. The number of hydrogen-bond acceptors (Lipinski definition) is 5. The van der Waals surface area contributed by atoms with Crippen LogP contribution in [0.4, 0.5) is 0 Å². The molecular weight excluding hydrogens is 228 g/mol. The molecule has 0 aliphatic carbocycles. The van der Waals surface area contributed by atoms with E-state index in [0.29, 0.717) is 13.2 Å². The summed E-state index contributed by atoms with van der Waals surface area (Å²) in [6, 6.07) is -1.65. The van der Waals surface area contributed by atoms with Crippen molar-refractivity contribution in [2.75, 3.05) is 19.8 Å². The maximum atomic E-state index is 11.8. The van der Waals surface area contributed by atoms with E-state index in [0.717, 1.165) is 0 Å². The highest BCUT2D eigenvalue weighted by molar-refractivity contribution is 5.87. The van der Waals surface area contributed by atoms with Gasteiger partial charge in [-0.05, 0) is 6.92 Å². The summed E-state index contributed by atoms with van der Waals surface area (Å²) in [5, 5.41) is 9.11. The second kappa shape index (κ2) is 4.25. The number of hydrogen-bond donors (Lipinski definition) is 2. The average Bonchev–Trinajstić information content (AvgIpc) is 2.86. The van der Waals surface area contributed by atoms with Crippen LogP contribution < -0.4 is 5.73 Å². The van der Waals surface area contributed by atoms with Crippen molar-refractivity contribution in [1.82, 2.24) is 4.90 Å². The first-order valence-corrected chi connectivity index (χ1v) is 5.52. The molecule has 7 heteroatoms. The quantitative estimate of drug-likeness (QED) is 0.630. The summed E-state index contributed by atoms with van der Waals surface area (Å²) in [6.07, 6.45) is 0.154. The Morgan fingerprint density at radius 3 is 2.53 bits per heavy atom. The van der Waals surface area contributed by atoms with E-state index in [1.807, 2.05) is 0 Å². The minimum atomic E-state index is -1.06. The third-order valence-electron chi connectivity index (χ3n) is 3.06. The molecule has 0 aromatic carbocycles. The van der Waals surface area contributed by atoms with Crippen LogP contribution in [0.25, 0.3) is 0 Å². The number of ether oxygens (including phenoxy) is 2. The molecule has 0 radical (unpaired) electrons. The highest BCUT2D eigenvalue weighted by Crippen LogP contribution is 2.34. The predicted octanol–water partition coefficient (Wildman–Crippen LogP) is -1.24. The molecule has 2 atom stereocenters. The van der Waals surface area contributed by atoms with Gasteiger partial charge in [-0.15, -0.1) is 0 Å². The number of rotatable bonds is 2. The molecule has 2 heterocycles. The van der Waals surface area contributed by atoms with Gasteiger partial charge in [-0.1, -0.05) is 0 Å². The molecule has 0 aromatic rings. The van der Waals surface area contributed by atoms with Crippen LogP contribution in [0.2, 0.25) is 0 Å². The smallest absolute Gasteiger partial charge is 0.326 e. The van der Waals surface area contributed by atoms with E-state index in [4.69, 9.17) is 20.3 Å². The normalized spacial score (nSPS) is 28.6. The number of carboxylic acids is 1. The minimum Gasteiger partial charge on any atom is -0.480 e. The van der Waals surface area contributed by atoms with Gasteiger partial charge in [0.05, 0.1) is 25.8 Å². The van der Waals surface area contributed by atoms with Gasteiger partial charge in [-0.3, -0.25) is 4.79 Å². The van der Waals surface area contributed by atoms with Gasteiger partial charge in [-0.25, -0.2) is 4.79 Å². The van der Waals surface area contributed by atoms with Crippen molar-refractivity contribution in [2.24, 2.45) is 5.73 Å². The number of carboxylic acid groups (broad SMARTS) is 1. The maximum Gasteiger partial charge on any atom is 0.326 e. The first kappa shape index (κ1) is 12.3. The Balaban J connectivity index is 2.18. The SMILES string of the molecule is C[C@H](N)C(=O)N1CC2(C[C@H]1C(=O)O)OCCO2. The van der Waals surface area contributed by atoms with Gasteiger partial charge in [-0.2, -0.15) is 0 Å². The van der Waals surface area contributed by atoms with Crippen LogP contribution in [0.15, 0.2) is 0 Å². The number of carbonyl (C=O) groups is 2. The first-order valence-electron chi connectivity index (χ1n) is 5.52. The summed E-state index contributed by atoms with van der Waals surface area (Å²) in [5.41, 5.74) is 5.50. The lowest BCUT2D eigenvalue weighted by Gasteiger charge is -2.24. The van der Waals surface area contributed by atoms with E-state index < -0.39 is 29.7 Å². The zero-order valence-corrected chi connectivity index (χ0v) is 9.59. The van der Waals surface area contributed by atoms with E-state index in [2.05, 4.69) is 0 Å². The fourth-order valence-electron chi connectivity index (χ4n) is 2.26. The number of likely N-dealkylation sites (tertiary alicyclic amines) is 1. The number of aliphatic carboxylic acids is 1. The lowest BCUT2D eigenvalue weighted by molar-refractivity contribution is -0.152. The van der Waals surface area contributed by atoms with Crippen molar-refractivity contribution in [3.8, 4) is 0 Å². The molecular formula is C10H16N2O5. The van der Waals surface area contributed by atoms with Crippen LogP contribution in [-0.2, 0) is 19.1 Å². The average molecular weight is 244 g/mol. The van der Waals surface area contributed by atoms with Crippen LogP contribution in [0.3, 0.4) is 0 Å². The van der Waals surface area contributed by atoms with Crippen LogP contribution in [0.5, 0.6) is 0 Å². The van der Waals surface area contributed by atoms with Crippen molar-refractivity contribution in [3.05, 3.63) is 0 Å². The van der Waals surface area contributed by atoms with Crippen molar-refractivity contribution in [1.29, 1.82) is 0 Å². The van der Waals surface area contributed by atoms with Crippen molar-refractivity contribution in [2.45, 2.75) is 31.2 Å². The Morgan fingerprint density at radius 1 is 1.47 bits per heavy atom. The Bertz CT molecular complexity index is 338. The monoisotopic (exact) mass is 244 g/mol. The lowest BCUT2D eigenvalue weighted by Crippen LogP contribution is -2.48. The topological polar surface area (TPSA) is 102 Å². The van der Waals surface area contributed by atoms with Crippen LogP contribution in [-0.4, -0.2) is 59.5 Å². The van der Waals surface area contributed by atoms with Crippen molar-refractivity contribution >= 4 is 11.9 Å². The molecule has 1 spiro atoms. The van der Waals surface area contributed by atoms with Gasteiger partial charge in [0.1, 0.15) is 6.04 Å². The van der Waals surface area contributed by atoms with E-state index >= 15 is 0 Å². The molecule has 96 valence electrons. The lowest BCUT2D eigenvalue weighted by atomic mass is 10.1. The Labute approximate surface area is 98.5 Å². The fraction of sp³-hybridized carbons (Fsp3) is 0.800. The second-order valence-electron chi connectivity index (χ2n) is 4.42. The third-order valence-corrected chi connectivity index (χ3v) is 3.06. The van der Waals surface area contributed by atoms with Crippen LogP contribution in [0.1, 0.15) is 13.3 Å². The molecule has 0 aromatic heterocycles. The molecule has 2 aliphatic rings. The summed E-state index contributed by atoms with van der Waals surface area (Å²) < 4.78 is 10.8. The largest absolute Gasteiger partial charge is 0.480 e. The van der Waals surface area contributed by atoms with Crippen LogP contribution >= 0.6 is 0 Å².